The Hall–Kier alpha value is -1.50. The number of rotatable bonds is 14. The van der Waals surface area contributed by atoms with Crippen molar-refractivity contribution in [2.45, 2.75) is 19.3 Å². The van der Waals surface area contributed by atoms with E-state index in [1.165, 1.54) is 12.2 Å². The smallest absolute Gasteiger partial charge is 0.243 e. The summed E-state index contributed by atoms with van der Waals surface area (Å²) < 4.78 is 10.8. The highest BCUT2D eigenvalue weighted by molar-refractivity contribution is 5.86. The van der Waals surface area contributed by atoms with E-state index < -0.39 is 0 Å². The molecule has 0 aliphatic heterocycles. The largest absolute Gasteiger partial charge is 0.381 e. The van der Waals surface area contributed by atoms with Gasteiger partial charge in [0.25, 0.3) is 0 Å². The van der Waals surface area contributed by atoms with Crippen LogP contribution in [0.15, 0.2) is 25.3 Å². The molecular weight excluding hydrogens is 284 g/mol. The van der Waals surface area contributed by atoms with Gasteiger partial charge in [0, 0.05) is 33.0 Å². The monoisotopic (exact) mass is 314 g/mol. The lowest BCUT2D eigenvalue weighted by Gasteiger charge is -2.06. The number of allylic oxidation sites excluding steroid dienone is 1. The molecule has 2 N–H and O–H groups in total. The van der Waals surface area contributed by atoms with E-state index in [1.807, 2.05) is 7.05 Å². The Morgan fingerprint density at radius 1 is 1.00 bits per heavy atom. The van der Waals surface area contributed by atoms with E-state index in [4.69, 9.17) is 14.3 Å². The molecule has 0 aromatic rings. The Labute approximate surface area is 133 Å². The van der Waals surface area contributed by atoms with E-state index >= 15 is 0 Å². The first-order valence-electron chi connectivity index (χ1n) is 7.49. The van der Waals surface area contributed by atoms with Gasteiger partial charge in [-0.1, -0.05) is 13.2 Å². The Kier molecular flexibility index (Phi) is 22.6. The number of carbonyl (C=O) groups excluding carboxylic acids is 2. The Morgan fingerprint density at radius 2 is 1.50 bits per heavy atom. The van der Waals surface area contributed by atoms with Crippen LogP contribution in [0.3, 0.4) is 0 Å². The molecule has 128 valence electrons. The maximum Gasteiger partial charge on any atom is 0.243 e. The third-order valence-electron chi connectivity index (χ3n) is 2.34. The van der Waals surface area contributed by atoms with Gasteiger partial charge in [-0.3, -0.25) is 9.59 Å². The maximum atomic E-state index is 10.8. The van der Waals surface area contributed by atoms with Gasteiger partial charge in [0.1, 0.15) is 6.29 Å². The molecule has 6 heteroatoms. The maximum absolute atomic E-state index is 10.8. The van der Waals surface area contributed by atoms with E-state index in [1.54, 1.807) is 0 Å². The average Bonchev–Trinajstić information content (AvgIpc) is 2.55. The van der Waals surface area contributed by atoms with Gasteiger partial charge in [-0.25, -0.2) is 0 Å². The number of aldehydes is 1. The molecule has 0 saturated heterocycles. The lowest BCUT2D eigenvalue weighted by Crippen LogP contribution is -2.22. The highest BCUT2D eigenvalue weighted by Gasteiger charge is 1.94. The summed E-state index contributed by atoms with van der Waals surface area (Å²) in [5, 5.41) is 5.77. The van der Waals surface area contributed by atoms with Gasteiger partial charge in [-0.05, 0) is 45.0 Å². The number of amides is 1. The Bertz CT molecular complexity index is 277. The SMILES string of the molecule is C=CC(=O)NCCCOCCCOCCCNC.C=CC=O. The van der Waals surface area contributed by atoms with Crippen molar-refractivity contribution in [3.05, 3.63) is 25.3 Å². The molecule has 0 saturated carbocycles. The molecule has 22 heavy (non-hydrogen) atoms. The molecule has 0 aromatic heterocycles. The Morgan fingerprint density at radius 3 is 1.95 bits per heavy atom. The van der Waals surface area contributed by atoms with Crippen LogP contribution in [0.2, 0.25) is 0 Å². The quantitative estimate of drug-likeness (QED) is 0.285. The van der Waals surface area contributed by atoms with Crippen LogP contribution in [0.25, 0.3) is 0 Å². The number of nitrogens with one attached hydrogen (secondary N) is 2. The molecule has 6 nitrogen and oxygen atoms in total. The summed E-state index contributed by atoms with van der Waals surface area (Å²) >= 11 is 0. The van der Waals surface area contributed by atoms with Crippen molar-refractivity contribution in [3.63, 3.8) is 0 Å². The first-order chi connectivity index (χ1) is 10.7. The summed E-state index contributed by atoms with van der Waals surface area (Å²) in [7, 11) is 1.94. The van der Waals surface area contributed by atoms with Gasteiger partial charge in [0.05, 0.1) is 0 Å². The highest BCUT2D eigenvalue weighted by atomic mass is 16.5. The summed E-state index contributed by atoms with van der Waals surface area (Å²) in [6, 6.07) is 0. The summed E-state index contributed by atoms with van der Waals surface area (Å²) in [4.78, 5) is 19.9. The first-order valence-corrected chi connectivity index (χ1v) is 7.49. The lowest BCUT2D eigenvalue weighted by atomic mass is 10.4. The van der Waals surface area contributed by atoms with Crippen LogP contribution in [-0.4, -0.2) is 58.8 Å². The second kappa shape index (κ2) is 21.8. The first kappa shape index (κ1) is 22.8. The van der Waals surface area contributed by atoms with Crippen molar-refractivity contribution >= 4 is 12.2 Å². The predicted octanol–water partition coefficient (Wildman–Crippen LogP) is 1.08. The third-order valence-corrected chi connectivity index (χ3v) is 2.34. The van der Waals surface area contributed by atoms with Crippen molar-refractivity contribution in [2.24, 2.45) is 0 Å². The van der Waals surface area contributed by atoms with Crippen molar-refractivity contribution in [2.75, 3.05) is 46.6 Å². The number of ether oxygens (including phenoxy) is 2. The third kappa shape index (κ3) is 23.6. The number of hydrogen-bond acceptors (Lipinski definition) is 5. The number of hydrogen-bond donors (Lipinski definition) is 2. The van der Waals surface area contributed by atoms with Crippen molar-refractivity contribution in [1.29, 1.82) is 0 Å². The van der Waals surface area contributed by atoms with Gasteiger partial charge in [-0.2, -0.15) is 0 Å². The summed E-state index contributed by atoms with van der Waals surface area (Å²) in [5.74, 6) is -0.134. The fourth-order valence-corrected chi connectivity index (χ4v) is 1.28. The summed E-state index contributed by atoms with van der Waals surface area (Å²) in [5.41, 5.74) is 0. The van der Waals surface area contributed by atoms with Gasteiger partial charge in [-0.15, -0.1) is 0 Å². The van der Waals surface area contributed by atoms with E-state index in [2.05, 4.69) is 23.8 Å². The minimum atomic E-state index is -0.134. The van der Waals surface area contributed by atoms with E-state index in [0.29, 0.717) is 26.0 Å². The molecule has 0 rings (SSSR count). The van der Waals surface area contributed by atoms with Crippen LogP contribution in [0.1, 0.15) is 19.3 Å². The lowest BCUT2D eigenvalue weighted by molar-refractivity contribution is -0.116. The zero-order valence-electron chi connectivity index (χ0n) is 13.6. The van der Waals surface area contributed by atoms with Crippen LogP contribution in [0.5, 0.6) is 0 Å². The summed E-state index contributed by atoms with van der Waals surface area (Å²) in [6.45, 7) is 11.0. The van der Waals surface area contributed by atoms with Gasteiger partial charge < -0.3 is 20.1 Å². The molecular formula is C16H30N2O4. The predicted molar refractivity (Wildman–Crippen MR) is 88.9 cm³/mol. The summed E-state index contributed by atoms with van der Waals surface area (Å²) in [6.07, 6.45) is 5.88. The second-order valence-corrected chi connectivity index (χ2v) is 4.26. The molecule has 0 fully saturated rings. The fraction of sp³-hybridized carbons (Fsp3) is 0.625. The minimum Gasteiger partial charge on any atom is -0.381 e. The molecule has 0 aliphatic rings. The van der Waals surface area contributed by atoms with Gasteiger partial charge in [0.2, 0.25) is 5.91 Å². The normalized spacial score (nSPS) is 9.32. The Balaban J connectivity index is 0. The van der Waals surface area contributed by atoms with Crippen molar-refractivity contribution in [1.82, 2.24) is 10.6 Å². The molecule has 0 spiro atoms. The molecule has 0 unspecified atom stereocenters. The second-order valence-electron chi connectivity index (χ2n) is 4.26. The van der Waals surface area contributed by atoms with Gasteiger partial charge >= 0.3 is 0 Å². The standard InChI is InChI=1S/C13H26N2O3.C3H4O/c1-3-13(16)15-8-5-10-18-12-6-11-17-9-4-7-14-2;1-2-3-4/h3,14H,1,4-12H2,2H3,(H,15,16);2-3H,1H2. The molecule has 0 bridgehead atoms. The molecule has 0 aromatic carbocycles. The average molecular weight is 314 g/mol. The van der Waals surface area contributed by atoms with Crippen LogP contribution >= 0.6 is 0 Å². The minimum absolute atomic E-state index is 0.134. The van der Waals surface area contributed by atoms with Crippen molar-refractivity contribution < 1.29 is 19.1 Å². The molecule has 0 aliphatic carbocycles. The zero-order chi connectivity index (χ0) is 16.9. The highest BCUT2D eigenvalue weighted by Crippen LogP contribution is 1.89. The molecule has 0 atom stereocenters. The number of carbonyl (C=O) groups is 2. The molecule has 1 amide bonds. The van der Waals surface area contributed by atoms with Crippen LogP contribution in [0.4, 0.5) is 0 Å². The van der Waals surface area contributed by atoms with E-state index in [9.17, 15) is 4.79 Å². The molecule has 0 heterocycles. The van der Waals surface area contributed by atoms with E-state index in [0.717, 1.165) is 39.0 Å². The molecule has 0 radical (unpaired) electrons. The topological polar surface area (TPSA) is 76.7 Å². The van der Waals surface area contributed by atoms with E-state index in [-0.39, 0.29) is 5.91 Å². The fourth-order valence-electron chi connectivity index (χ4n) is 1.28. The van der Waals surface area contributed by atoms with Crippen LogP contribution in [-0.2, 0) is 19.1 Å². The van der Waals surface area contributed by atoms with Crippen molar-refractivity contribution in [3.8, 4) is 0 Å². The van der Waals surface area contributed by atoms with Gasteiger partial charge in [0.15, 0.2) is 0 Å². The van der Waals surface area contributed by atoms with Crippen LogP contribution in [0, 0.1) is 0 Å². The van der Waals surface area contributed by atoms with Crippen LogP contribution < -0.4 is 10.6 Å². The zero-order valence-corrected chi connectivity index (χ0v) is 13.6.